The number of hydrogen-bond acceptors (Lipinski definition) is 4. The van der Waals surface area contributed by atoms with Gasteiger partial charge in [0.05, 0.1) is 5.25 Å². The van der Waals surface area contributed by atoms with Crippen LogP contribution in [0.25, 0.3) is 0 Å². The summed E-state index contributed by atoms with van der Waals surface area (Å²) in [6, 6.07) is 8.04. The lowest BCUT2D eigenvalue weighted by atomic mass is 10.2. The Labute approximate surface area is 145 Å². The zero-order chi connectivity index (χ0) is 15.4. The Balaban J connectivity index is 1.47. The second-order valence-corrected chi connectivity index (χ2v) is 8.56. The molecule has 2 aliphatic rings. The molecule has 0 N–H and O–H groups in total. The maximum atomic E-state index is 12.5. The Hall–Kier alpha value is -0.360. The molecule has 2 heterocycles. The highest BCUT2D eigenvalue weighted by molar-refractivity contribution is 8.07. The minimum absolute atomic E-state index is 0.182. The van der Waals surface area contributed by atoms with Crippen molar-refractivity contribution in [2.75, 3.05) is 43.4 Å². The third-order valence-corrected chi connectivity index (χ3v) is 7.09. The molecular formula is C16H21ClN2OS2. The van der Waals surface area contributed by atoms with Crippen LogP contribution >= 0.6 is 35.1 Å². The minimum Gasteiger partial charge on any atom is -0.339 e. The Morgan fingerprint density at radius 1 is 1.14 bits per heavy atom. The van der Waals surface area contributed by atoms with E-state index in [1.165, 1.54) is 11.3 Å². The smallest absolute Gasteiger partial charge is 0.236 e. The lowest BCUT2D eigenvalue weighted by Gasteiger charge is -2.36. The normalized spacial score (nSPS) is 23.5. The molecule has 0 aromatic heterocycles. The summed E-state index contributed by atoms with van der Waals surface area (Å²) in [4.78, 5) is 17.0. The van der Waals surface area contributed by atoms with Gasteiger partial charge in [0.2, 0.25) is 5.91 Å². The third-order valence-electron chi connectivity index (χ3n) is 4.09. The fourth-order valence-corrected chi connectivity index (χ4v) is 5.56. The second-order valence-electron chi connectivity index (χ2n) is 5.66. The van der Waals surface area contributed by atoms with Gasteiger partial charge in [-0.05, 0) is 17.7 Å². The van der Waals surface area contributed by atoms with Gasteiger partial charge in [-0.2, -0.15) is 11.8 Å². The number of amides is 1. The molecule has 2 saturated heterocycles. The molecule has 120 valence electrons. The first kappa shape index (κ1) is 16.5. The monoisotopic (exact) mass is 356 g/mol. The van der Waals surface area contributed by atoms with Crippen molar-refractivity contribution < 1.29 is 4.79 Å². The number of carbonyl (C=O) groups excluding carboxylic acids is 1. The largest absolute Gasteiger partial charge is 0.339 e. The third kappa shape index (κ3) is 4.34. The molecule has 3 nitrogen and oxygen atoms in total. The fourth-order valence-electron chi connectivity index (χ4n) is 2.81. The highest BCUT2D eigenvalue weighted by atomic mass is 35.5. The van der Waals surface area contributed by atoms with E-state index < -0.39 is 0 Å². The predicted molar refractivity (Wildman–Crippen MR) is 96.9 cm³/mol. The molecule has 22 heavy (non-hydrogen) atoms. The molecule has 1 amide bonds. The summed E-state index contributed by atoms with van der Waals surface area (Å²) < 4.78 is 0. The first-order chi connectivity index (χ1) is 10.7. The lowest BCUT2D eigenvalue weighted by Crippen LogP contribution is -2.51. The van der Waals surface area contributed by atoms with Crippen molar-refractivity contribution in [3.05, 3.63) is 34.9 Å². The van der Waals surface area contributed by atoms with Crippen LogP contribution < -0.4 is 0 Å². The van der Waals surface area contributed by atoms with Crippen LogP contribution in [0.2, 0.25) is 5.02 Å². The zero-order valence-electron chi connectivity index (χ0n) is 12.5. The molecule has 0 radical (unpaired) electrons. The Morgan fingerprint density at radius 2 is 1.86 bits per heavy atom. The van der Waals surface area contributed by atoms with E-state index in [-0.39, 0.29) is 5.25 Å². The number of thioether (sulfide) groups is 2. The number of rotatable bonds is 3. The number of halogens is 1. The van der Waals surface area contributed by atoms with E-state index in [2.05, 4.69) is 21.9 Å². The molecule has 6 heteroatoms. The van der Waals surface area contributed by atoms with Gasteiger partial charge in [0.15, 0.2) is 0 Å². The van der Waals surface area contributed by atoms with Crippen LogP contribution in [-0.4, -0.2) is 64.4 Å². The summed E-state index contributed by atoms with van der Waals surface area (Å²) >= 11 is 9.66. The number of benzene rings is 1. The summed E-state index contributed by atoms with van der Waals surface area (Å²) in [5, 5.41) is 0.962. The quantitative estimate of drug-likeness (QED) is 0.831. The van der Waals surface area contributed by atoms with Gasteiger partial charge in [-0.15, -0.1) is 11.8 Å². The van der Waals surface area contributed by atoms with Crippen LogP contribution in [0.15, 0.2) is 24.3 Å². The van der Waals surface area contributed by atoms with Crippen LogP contribution in [0.4, 0.5) is 0 Å². The molecule has 0 bridgehead atoms. The van der Waals surface area contributed by atoms with Crippen LogP contribution in [0.3, 0.4) is 0 Å². The molecule has 1 aromatic carbocycles. The van der Waals surface area contributed by atoms with Gasteiger partial charge in [0.25, 0.3) is 0 Å². The molecule has 3 rings (SSSR count). The molecule has 1 aromatic rings. The van der Waals surface area contributed by atoms with Crippen LogP contribution in [0.1, 0.15) is 5.56 Å². The molecule has 1 unspecified atom stereocenters. The van der Waals surface area contributed by atoms with Gasteiger partial charge in [-0.1, -0.05) is 23.7 Å². The van der Waals surface area contributed by atoms with Gasteiger partial charge in [-0.25, -0.2) is 0 Å². The van der Waals surface area contributed by atoms with Crippen molar-refractivity contribution in [2.45, 2.75) is 11.8 Å². The number of carbonyl (C=O) groups is 1. The Morgan fingerprint density at radius 3 is 2.50 bits per heavy atom. The first-order valence-electron chi connectivity index (χ1n) is 7.67. The van der Waals surface area contributed by atoms with E-state index in [9.17, 15) is 4.79 Å². The van der Waals surface area contributed by atoms with Crippen LogP contribution in [-0.2, 0) is 11.3 Å². The second kappa shape index (κ2) is 7.95. The van der Waals surface area contributed by atoms with Crippen LogP contribution in [0.5, 0.6) is 0 Å². The molecule has 2 aliphatic heterocycles. The van der Waals surface area contributed by atoms with E-state index >= 15 is 0 Å². The summed E-state index contributed by atoms with van der Waals surface area (Å²) in [5.41, 5.74) is 1.28. The molecular weight excluding hydrogens is 336 g/mol. The van der Waals surface area contributed by atoms with Gasteiger partial charge < -0.3 is 4.90 Å². The first-order valence-corrected chi connectivity index (χ1v) is 10.3. The van der Waals surface area contributed by atoms with Crippen molar-refractivity contribution in [1.29, 1.82) is 0 Å². The lowest BCUT2D eigenvalue weighted by molar-refractivity contribution is -0.132. The fraction of sp³-hybridized carbons (Fsp3) is 0.562. The summed E-state index contributed by atoms with van der Waals surface area (Å²) in [7, 11) is 0. The van der Waals surface area contributed by atoms with E-state index in [0.29, 0.717) is 5.91 Å². The van der Waals surface area contributed by atoms with Crippen molar-refractivity contribution >= 4 is 41.0 Å². The van der Waals surface area contributed by atoms with Crippen molar-refractivity contribution in [3.8, 4) is 0 Å². The van der Waals surface area contributed by atoms with Gasteiger partial charge in [0.1, 0.15) is 0 Å². The molecule has 2 fully saturated rings. The molecule has 1 atom stereocenters. The van der Waals surface area contributed by atoms with Crippen molar-refractivity contribution in [3.63, 3.8) is 0 Å². The maximum Gasteiger partial charge on any atom is 0.236 e. The van der Waals surface area contributed by atoms with Crippen molar-refractivity contribution in [1.82, 2.24) is 9.80 Å². The summed E-state index contributed by atoms with van der Waals surface area (Å²) in [6.07, 6.45) is 0. The van der Waals surface area contributed by atoms with Crippen LogP contribution in [0, 0.1) is 0 Å². The molecule has 0 spiro atoms. The zero-order valence-corrected chi connectivity index (χ0v) is 14.9. The van der Waals surface area contributed by atoms with E-state index in [4.69, 9.17) is 11.6 Å². The predicted octanol–water partition coefficient (Wildman–Crippen LogP) is 2.83. The van der Waals surface area contributed by atoms with E-state index in [1.54, 1.807) is 0 Å². The molecule has 0 saturated carbocycles. The molecule has 0 aliphatic carbocycles. The highest BCUT2D eigenvalue weighted by Gasteiger charge is 2.29. The average Bonchev–Trinajstić information content (AvgIpc) is 2.58. The summed E-state index contributed by atoms with van der Waals surface area (Å²) in [5.74, 6) is 3.62. The minimum atomic E-state index is 0.182. The number of piperazine rings is 1. The topological polar surface area (TPSA) is 23.6 Å². The average molecular weight is 357 g/mol. The Bertz CT molecular complexity index is 497. The standard InChI is InChI=1S/C16H21ClN2OS2/c17-14-3-1-13(2-4-14)11-18-5-7-19(8-6-18)16(20)15-12-21-9-10-22-15/h1-4,15H,5-12H2. The van der Waals surface area contributed by atoms with Crippen molar-refractivity contribution in [2.24, 2.45) is 0 Å². The summed E-state index contributed by atoms with van der Waals surface area (Å²) in [6.45, 7) is 4.56. The highest BCUT2D eigenvalue weighted by Crippen LogP contribution is 2.26. The van der Waals surface area contributed by atoms with Gasteiger partial charge in [-0.3, -0.25) is 9.69 Å². The maximum absolute atomic E-state index is 12.5. The Kier molecular flexibility index (Phi) is 5.96. The van der Waals surface area contributed by atoms with E-state index in [0.717, 1.165) is 49.3 Å². The number of nitrogens with zero attached hydrogens (tertiary/aromatic N) is 2. The SMILES string of the molecule is O=C(C1CSCCS1)N1CCN(Cc2ccc(Cl)cc2)CC1. The number of hydrogen-bond donors (Lipinski definition) is 0. The van der Waals surface area contributed by atoms with Gasteiger partial charge in [0, 0.05) is 55.0 Å². The van der Waals surface area contributed by atoms with E-state index in [1.807, 2.05) is 35.7 Å². The van der Waals surface area contributed by atoms with Gasteiger partial charge >= 0.3 is 0 Å².